The average Bonchev–Trinajstić information content (AvgIpc) is 3.13. The summed E-state index contributed by atoms with van der Waals surface area (Å²) in [6.07, 6.45) is 3.19. The number of benzene rings is 1. The van der Waals surface area contributed by atoms with E-state index in [-0.39, 0.29) is 11.4 Å². The van der Waals surface area contributed by atoms with E-state index >= 15 is 0 Å². The molecule has 1 aromatic carbocycles. The molecule has 0 spiro atoms. The highest BCUT2D eigenvalue weighted by Gasteiger charge is 2.23. The Morgan fingerprint density at radius 1 is 1.39 bits per heavy atom. The molecule has 100 valence electrons. The summed E-state index contributed by atoms with van der Waals surface area (Å²) >= 11 is 0. The molecule has 0 atom stereocenters. The summed E-state index contributed by atoms with van der Waals surface area (Å²) in [5, 5.41) is 0. The van der Waals surface area contributed by atoms with Gasteiger partial charge in [0.05, 0.1) is 4.90 Å². The average molecular weight is 272 g/mol. The minimum absolute atomic E-state index is 0.0548. The van der Waals surface area contributed by atoms with Crippen molar-refractivity contribution in [3.63, 3.8) is 0 Å². The lowest BCUT2D eigenvalue weighted by molar-refractivity contribution is 0.570. The van der Waals surface area contributed by atoms with Crippen molar-refractivity contribution in [2.24, 2.45) is 11.7 Å². The maximum Gasteiger partial charge on any atom is 0.240 e. The Hall–Kier alpha value is -0.980. The van der Waals surface area contributed by atoms with Crippen molar-refractivity contribution in [1.29, 1.82) is 0 Å². The molecule has 0 amide bonds. The predicted octanol–water partition coefficient (Wildman–Crippen LogP) is 1.36. The molecular formula is C12H17FN2O2S. The van der Waals surface area contributed by atoms with Gasteiger partial charge in [0.2, 0.25) is 10.0 Å². The normalized spacial score (nSPS) is 15.9. The van der Waals surface area contributed by atoms with E-state index in [0.29, 0.717) is 18.0 Å². The second-order valence-corrected chi connectivity index (χ2v) is 6.32. The van der Waals surface area contributed by atoms with E-state index in [9.17, 15) is 12.8 Å². The molecule has 0 aliphatic heterocycles. The Balaban J connectivity index is 2.13. The molecule has 1 aliphatic rings. The minimum Gasteiger partial charge on any atom is -0.326 e. The van der Waals surface area contributed by atoms with Crippen molar-refractivity contribution in [2.75, 3.05) is 6.54 Å². The minimum atomic E-state index is -3.66. The van der Waals surface area contributed by atoms with Gasteiger partial charge >= 0.3 is 0 Å². The van der Waals surface area contributed by atoms with Gasteiger partial charge in [0.15, 0.2) is 0 Å². The van der Waals surface area contributed by atoms with Crippen molar-refractivity contribution in [2.45, 2.75) is 30.7 Å². The van der Waals surface area contributed by atoms with E-state index in [1.165, 1.54) is 25.0 Å². The summed E-state index contributed by atoms with van der Waals surface area (Å²) in [7, 11) is -3.66. The highest BCUT2D eigenvalue weighted by molar-refractivity contribution is 7.89. The predicted molar refractivity (Wildman–Crippen MR) is 66.8 cm³/mol. The first-order valence-electron chi connectivity index (χ1n) is 6.01. The molecule has 6 heteroatoms. The summed E-state index contributed by atoms with van der Waals surface area (Å²) in [6, 6.07) is 3.64. The van der Waals surface area contributed by atoms with Crippen LogP contribution in [0.4, 0.5) is 4.39 Å². The van der Waals surface area contributed by atoms with Crippen molar-refractivity contribution < 1.29 is 12.8 Å². The number of hydrogen-bond donors (Lipinski definition) is 2. The van der Waals surface area contributed by atoms with Crippen molar-refractivity contribution in [1.82, 2.24) is 4.72 Å². The topological polar surface area (TPSA) is 72.2 Å². The molecule has 1 saturated carbocycles. The summed E-state index contributed by atoms with van der Waals surface area (Å²) < 4.78 is 39.7. The molecule has 0 radical (unpaired) electrons. The molecule has 18 heavy (non-hydrogen) atoms. The number of hydrogen-bond acceptors (Lipinski definition) is 3. The van der Waals surface area contributed by atoms with Crippen LogP contribution in [-0.4, -0.2) is 15.0 Å². The van der Waals surface area contributed by atoms with E-state index in [1.54, 1.807) is 0 Å². The Morgan fingerprint density at radius 3 is 2.72 bits per heavy atom. The van der Waals surface area contributed by atoms with Crippen LogP contribution in [0.25, 0.3) is 0 Å². The molecule has 0 heterocycles. The van der Waals surface area contributed by atoms with Gasteiger partial charge in [-0.05, 0) is 30.0 Å². The van der Waals surface area contributed by atoms with Crippen molar-refractivity contribution in [3.8, 4) is 0 Å². The fraction of sp³-hybridized carbons (Fsp3) is 0.500. The van der Waals surface area contributed by atoms with Gasteiger partial charge in [-0.3, -0.25) is 0 Å². The highest BCUT2D eigenvalue weighted by atomic mass is 32.2. The van der Waals surface area contributed by atoms with Gasteiger partial charge in [-0.15, -0.1) is 0 Å². The summed E-state index contributed by atoms with van der Waals surface area (Å²) in [6.45, 7) is 0.465. The van der Waals surface area contributed by atoms with E-state index in [4.69, 9.17) is 5.73 Å². The molecule has 2 rings (SSSR count). The standard InChI is InChI=1S/C12H17FN2O2S/c13-11-4-3-10(8-14)12(7-11)18(16,17)15-6-5-9-1-2-9/h3-4,7,9,15H,1-2,5-6,8,14H2. The van der Waals surface area contributed by atoms with E-state index < -0.39 is 15.8 Å². The molecule has 0 saturated heterocycles. The zero-order chi connectivity index (χ0) is 13.2. The molecule has 1 aliphatic carbocycles. The molecule has 1 aromatic rings. The Kier molecular flexibility index (Phi) is 3.99. The number of rotatable bonds is 6. The number of halogens is 1. The summed E-state index contributed by atoms with van der Waals surface area (Å²) in [5.41, 5.74) is 5.90. The van der Waals surface area contributed by atoms with Gasteiger partial charge in [-0.25, -0.2) is 17.5 Å². The number of nitrogens with one attached hydrogen (secondary N) is 1. The Labute approximate surface area is 106 Å². The largest absolute Gasteiger partial charge is 0.326 e. The Bertz CT molecular complexity index is 527. The van der Waals surface area contributed by atoms with Crippen LogP contribution < -0.4 is 10.5 Å². The van der Waals surface area contributed by atoms with Gasteiger partial charge < -0.3 is 5.73 Å². The third kappa shape index (κ3) is 3.28. The first-order chi connectivity index (χ1) is 8.53. The van der Waals surface area contributed by atoms with Crippen molar-refractivity contribution >= 4 is 10.0 Å². The van der Waals surface area contributed by atoms with Gasteiger partial charge in [0.1, 0.15) is 5.82 Å². The fourth-order valence-corrected chi connectivity index (χ4v) is 3.14. The van der Waals surface area contributed by atoms with E-state index in [2.05, 4.69) is 4.72 Å². The lowest BCUT2D eigenvalue weighted by Gasteiger charge is -2.10. The van der Waals surface area contributed by atoms with Crippen LogP contribution in [-0.2, 0) is 16.6 Å². The van der Waals surface area contributed by atoms with Crippen LogP contribution in [0.1, 0.15) is 24.8 Å². The second-order valence-electron chi connectivity index (χ2n) is 4.59. The van der Waals surface area contributed by atoms with Gasteiger partial charge in [-0.1, -0.05) is 18.9 Å². The van der Waals surface area contributed by atoms with Crippen LogP contribution in [0.3, 0.4) is 0 Å². The lowest BCUT2D eigenvalue weighted by Crippen LogP contribution is -2.26. The van der Waals surface area contributed by atoms with Crippen LogP contribution in [0, 0.1) is 11.7 Å². The number of nitrogens with two attached hydrogens (primary N) is 1. The van der Waals surface area contributed by atoms with Crippen LogP contribution in [0.5, 0.6) is 0 Å². The monoisotopic (exact) mass is 272 g/mol. The third-order valence-corrected chi connectivity index (χ3v) is 4.62. The zero-order valence-corrected chi connectivity index (χ0v) is 10.8. The molecular weight excluding hydrogens is 255 g/mol. The lowest BCUT2D eigenvalue weighted by atomic mass is 10.2. The second kappa shape index (κ2) is 5.34. The fourth-order valence-electron chi connectivity index (χ4n) is 1.83. The summed E-state index contributed by atoms with van der Waals surface area (Å²) in [5.74, 6) is 0.0731. The van der Waals surface area contributed by atoms with E-state index in [1.807, 2.05) is 0 Å². The van der Waals surface area contributed by atoms with Gasteiger partial charge in [-0.2, -0.15) is 0 Å². The van der Waals surface area contributed by atoms with Gasteiger partial charge in [0, 0.05) is 13.1 Å². The molecule has 0 bridgehead atoms. The summed E-state index contributed by atoms with van der Waals surface area (Å²) in [4.78, 5) is -0.0548. The zero-order valence-electron chi connectivity index (χ0n) is 10.0. The molecule has 1 fully saturated rings. The molecule has 3 N–H and O–H groups in total. The van der Waals surface area contributed by atoms with Crippen LogP contribution in [0.15, 0.2) is 23.1 Å². The van der Waals surface area contributed by atoms with E-state index in [0.717, 1.165) is 12.5 Å². The third-order valence-electron chi connectivity index (χ3n) is 3.08. The maximum atomic E-state index is 13.1. The number of sulfonamides is 1. The molecule has 4 nitrogen and oxygen atoms in total. The van der Waals surface area contributed by atoms with Crippen LogP contribution in [0.2, 0.25) is 0 Å². The first-order valence-corrected chi connectivity index (χ1v) is 7.49. The molecule has 0 unspecified atom stereocenters. The highest BCUT2D eigenvalue weighted by Crippen LogP contribution is 2.31. The maximum absolute atomic E-state index is 13.1. The SMILES string of the molecule is NCc1ccc(F)cc1S(=O)(=O)NCCC1CC1. The van der Waals surface area contributed by atoms with Crippen LogP contribution >= 0.6 is 0 Å². The smallest absolute Gasteiger partial charge is 0.240 e. The molecule has 0 aromatic heterocycles. The van der Waals surface area contributed by atoms with Gasteiger partial charge in [0.25, 0.3) is 0 Å². The van der Waals surface area contributed by atoms with Crippen molar-refractivity contribution in [3.05, 3.63) is 29.6 Å². The first kappa shape index (κ1) is 13.5. The Morgan fingerprint density at radius 2 is 2.11 bits per heavy atom. The quantitative estimate of drug-likeness (QED) is 0.821.